The molecule has 0 aromatic heterocycles. The minimum atomic E-state index is 0.176. The van der Waals surface area contributed by atoms with Gasteiger partial charge in [0.25, 0.3) is 0 Å². The second-order valence-electron chi connectivity index (χ2n) is 3.89. The molecule has 0 spiro atoms. The van der Waals surface area contributed by atoms with Crippen LogP contribution in [0.1, 0.15) is 18.4 Å². The van der Waals surface area contributed by atoms with E-state index in [4.69, 9.17) is 0 Å². The number of benzene rings is 1. The smallest absolute Gasteiger partial charge is 0.134 e. The summed E-state index contributed by atoms with van der Waals surface area (Å²) in [6.07, 6.45) is 1.91. The number of carbonyl (C=O) groups excluding carboxylic acids is 1. The van der Waals surface area contributed by atoms with Crippen molar-refractivity contribution >= 4 is 5.78 Å². The predicted octanol–water partition coefficient (Wildman–Crippen LogP) is 2.79. The molecule has 0 bridgehead atoms. The highest BCUT2D eigenvalue weighted by molar-refractivity contribution is 5.83. The second-order valence-corrected chi connectivity index (χ2v) is 3.89. The number of allylic oxidation sites excluding steroid dienone is 1. The Morgan fingerprint density at radius 1 is 1.36 bits per heavy atom. The van der Waals surface area contributed by atoms with Gasteiger partial charge < -0.3 is 0 Å². The average Bonchev–Trinajstić information content (AvgIpc) is 2.93. The Morgan fingerprint density at radius 3 is 2.43 bits per heavy atom. The van der Waals surface area contributed by atoms with Crippen LogP contribution in [0.15, 0.2) is 43.0 Å². The first kappa shape index (κ1) is 9.20. The SMILES string of the molecule is C=C[C@@H]1[C@H](C(C)=O)[C@H]1c1ccccc1. The van der Waals surface area contributed by atoms with Gasteiger partial charge in [0.05, 0.1) is 0 Å². The first-order valence-corrected chi connectivity index (χ1v) is 4.93. The van der Waals surface area contributed by atoms with Gasteiger partial charge in [-0.15, -0.1) is 6.58 Å². The number of carbonyl (C=O) groups is 1. The fraction of sp³-hybridized carbons (Fsp3) is 0.308. The highest BCUT2D eigenvalue weighted by atomic mass is 16.1. The zero-order valence-corrected chi connectivity index (χ0v) is 8.31. The standard InChI is InChI=1S/C13H14O/c1-3-11-12(9(2)14)13(11)10-7-5-4-6-8-10/h3-8,11-13H,1H2,2H3/t11-,12+,13+/m1/s1. The Morgan fingerprint density at radius 2 is 2.00 bits per heavy atom. The van der Waals surface area contributed by atoms with Crippen molar-refractivity contribution in [3.05, 3.63) is 48.6 Å². The number of rotatable bonds is 3. The summed E-state index contributed by atoms with van der Waals surface area (Å²) in [5, 5.41) is 0. The molecule has 1 nitrogen and oxygen atoms in total. The van der Waals surface area contributed by atoms with Crippen molar-refractivity contribution in [2.75, 3.05) is 0 Å². The molecule has 1 aliphatic carbocycles. The maximum atomic E-state index is 11.3. The van der Waals surface area contributed by atoms with E-state index in [0.29, 0.717) is 11.8 Å². The summed E-state index contributed by atoms with van der Waals surface area (Å²) in [5.74, 6) is 1.19. The number of Topliss-reactive ketones (excluding diaryl/α,β-unsaturated/α-hetero) is 1. The zero-order chi connectivity index (χ0) is 10.1. The number of hydrogen-bond acceptors (Lipinski definition) is 1. The van der Waals surface area contributed by atoms with Crippen LogP contribution in [0.5, 0.6) is 0 Å². The quantitative estimate of drug-likeness (QED) is 0.663. The monoisotopic (exact) mass is 186 g/mol. The predicted molar refractivity (Wildman–Crippen MR) is 57.0 cm³/mol. The van der Waals surface area contributed by atoms with Crippen molar-refractivity contribution in [1.82, 2.24) is 0 Å². The summed E-state index contributed by atoms with van der Waals surface area (Å²) in [5.41, 5.74) is 1.26. The van der Waals surface area contributed by atoms with Crippen LogP contribution in [-0.2, 0) is 4.79 Å². The largest absolute Gasteiger partial charge is 0.300 e. The normalized spacial score (nSPS) is 29.6. The molecule has 14 heavy (non-hydrogen) atoms. The maximum absolute atomic E-state index is 11.3. The molecule has 1 aromatic rings. The van der Waals surface area contributed by atoms with E-state index >= 15 is 0 Å². The van der Waals surface area contributed by atoms with E-state index in [9.17, 15) is 4.79 Å². The van der Waals surface area contributed by atoms with Crippen LogP contribution < -0.4 is 0 Å². The molecule has 3 atom stereocenters. The Bertz CT molecular complexity index is 353. The van der Waals surface area contributed by atoms with Gasteiger partial charge in [-0.25, -0.2) is 0 Å². The van der Waals surface area contributed by atoms with Crippen LogP contribution in [0, 0.1) is 11.8 Å². The van der Waals surface area contributed by atoms with Crippen LogP contribution in [0.25, 0.3) is 0 Å². The average molecular weight is 186 g/mol. The summed E-state index contributed by atoms with van der Waals surface area (Å²) >= 11 is 0. The van der Waals surface area contributed by atoms with Gasteiger partial charge in [-0.3, -0.25) is 4.79 Å². The zero-order valence-electron chi connectivity index (χ0n) is 8.31. The fourth-order valence-corrected chi connectivity index (χ4v) is 2.26. The van der Waals surface area contributed by atoms with Crippen molar-refractivity contribution in [3.8, 4) is 0 Å². The molecule has 0 aliphatic heterocycles. The molecule has 0 unspecified atom stereocenters. The molecule has 1 aromatic carbocycles. The summed E-state index contributed by atoms with van der Waals surface area (Å²) in [6, 6.07) is 10.2. The van der Waals surface area contributed by atoms with Crippen molar-refractivity contribution in [3.63, 3.8) is 0 Å². The van der Waals surface area contributed by atoms with E-state index < -0.39 is 0 Å². The van der Waals surface area contributed by atoms with Crippen molar-refractivity contribution in [2.45, 2.75) is 12.8 Å². The molecule has 0 saturated heterocycles. The van der Waals surface area contributed by atoms with Crippen LogP contribution in [-0.4, -0.2) is 5.78 Å². The van der Waals surface area contributed by atoms with Crippen molar-refractivity contribution in [2.24, 2.45) is 11.8 Å². The third-order valence-corrected chi connectivity index (χ3v) is 3.00. The molecule has 1 saturated carbocycles. The minimum absolute atomic E-state index is 0.176. The molecule has 1 fully saturated rings. The Hall–Kier alpha value is -1.37. The molecule has 2 rings (SSSR count). The second kappa shape index (κ2) is 3.41. The number of ketones is 1. The Kier molecular flexibility index (Phi) is 2.24. The highest BCUT2D eigenvalue weighted by Crippen LogP contribution is 2.54. The molecular weight excluding hydrogens is 172 g/mol. The summed E-state index contributed by atoms with van der Waals surface area (Å²) in [7, 11) is 0. The number of hydrogen-bond donors (Lipinski definition) is 0. The first-order chi connectivity index (χ1) is 6.75. The van der Waals surface area contributed by atoms with Gasteiger partial charge in [0.15, 0.2) is 0 Å². The molecule has 1 heteroatoms. The summed E-state index contributed by atoms with van der Waals surface area (Å²) in [6.45, 7) is 5.45. The molecule has 72 valence electrons. The lowest BCUT2D eigenvalue weighted by atomic mass is 10.1. The van der Waals surface area contributed by atoms with Gasteiger partial charge in [-0.1, -0.05) is 36.4 Å². The van der Waals surface area contributed by atoms with Crippen LogP contribution in [0.3, 0.4) is 0 Å². The Balaban J connectivity index is 2.22. The topological polar surface area (TPSA) is 17.1 Å². The lowest BCUT2D eigenvalue weighted by Crippen LogP contribution is -1.95. The van der Waals surface area contributed by atoms with Gasteiger partial charge in [0.2, 0.25) is 0 Å². The van der Waals surface area contributed by atoms with Gasteiger partial charge in [-0.2, -0.15) is 0 Å². The van der Waals surface area contributed by atoms with Gasteiger partial charge in [0.1, 0.15) is 5.78 Å². The van der Waals surface area contributed by atoms with Gasteiger partial charge in [-0.05, 0) is 18.4 Å². The lowest BCUT2D eigenvalue weighted by molar-refractivity contribution is -0.118. The maximum Gasteiger partial charge on any atom is 0.134 e. The summed E-state index contributed by atoms with van der Waals surface area (Å²) in [4.78, 5) is 11.3. The first-order valence-electron chi connectivity index (χ1n) is 4.93. The van der Waals surface area contributed by atoms with Crippen LogP contribution in [0.4, 0.5) is 0 Å². The van der Waals surface area contributed by atoms with Gasteiger partial charge in [0, 0.05) is 11.8 Å². The van der Waals surface area contributed by atoms with E-state index in [2.05, 4.69) is 18.7 Å². The third kappa shape index (κ3) is 1.39. The molecule has 0 amide bonds. The fourth-order valence-electron chi connectivity index (χ4n) is 2.26. The summed E-state index contributed by atoms with van der Waals surface area (Å²) < 4.78 is 0. The van der Waals surface area contributed by atoms with E-state index in [-0.39, 0.29) is 11.7 Å². The van der Waals surface area contributed by atoms with Crippen molar-refractivity contribution in [1.29, 1.82) is 0 Å². The Labute approximate surface area is 84.5 Å². The minimum Gasteiger partial charge on any atom is -0.300 e. The van der Waals surface area contributed by atoms with E-state index in [1.165, 1.54) is 5.56 Å². The van der Waals surface area contributed by atoms with E-state index in [0.717, 1.165) is 0 Å². The third-order valence-electron chi connectivity index (χ3n) is 3.00. The molecule has 1 aliphatic rings. The van der Waals surface area contributed by atoms with Gasteiger partial charge >= 0.3 is 0 Å². The molecule has 0 heterocycles. The van der Waals surface area contributed by atoms with Crippen LogP contribution in [0.2, 0.25) is 0 Å². The molecular formula is C13H14O. The van der Waals surface area contributed by atoms with E-state index in [1.54, 1.807) is 6.92 Å². The van der Waals surface area contributed by atoms with Crippen LogP contribution >= 0.6 is 0 Å². The highest BCUT2D eigenvalue weighted by Gasteiger charge is 2.51. The van der Waals surface area contributed by atoms with Crippen molar-refractivity contribution < 1.29 is 4.79 Å². The lowest BCUT2D eigenvalue weighted by Gasteiger charge is -1.96. The molecule has 0 radical (unpaired) electrons. The van der Waals surface area contributed by atoms with E-state index in [1.807, 2.05) is 24.3 Å². The molecule has 0 N–H and O–H groups in total.